The van der Waals surface area contributed by atoms with Gasteiger partial charge in [-0.1, -0.05) is 40.5 Å². The van der Waals surface area contributed by atoms with Gasteiger partial charge >= 0.3 is 0 Å². The predicted octanol–water partition coefficient (Wildman–Crippen LogP) is 2.94. The van der Waals surface area contributed by atoms with Gasteiger partial charge in [-0.25, -0.2) is 0 Å². The molecule has 0 saturated heterocycles. The summed E-state index contributed by atoms with van der Waals surface area (Å²) < 4.78 is 0. The molecule has 1 aliphatic rings. The molecule has 0 radical (unpaired) electrons. The molecule has 1 amide bonds. The molecule has 0 heterocycles. The molecule has 3 N–H and O–H groups in total. The molecular formula is C16H32N2O. The van der Waals surface area contributed by atoms with Gasteiger partial charge in [0.1, 0.15) is 0 Å². The molecule has 0 bridgehead atoms. The zero-order valence-corrected chi connectivity index (χ0v) is 13.2. The van der Waals surface area contributed by atoms with Crippen molar-refractivity contribution in [2.45, 2.75) is 59.8 Å². The Labute approximate surface area is 118 Å². The van der Waals surface area contributed by atoms with Crippen LogP contribution in [0, 0.1) is 23.2 Å². The molecule has 0 aromatic heterocycles. The van der Waals surface area contributed by atoms with Gasteiger partial charge in [-0.15, -0.1) is 0 Å². The van der Waals surface area contributed by atoms with E-state index in [4.69, 9.17) is 5.73 Å². The van der Waals surface area contributed by atoms with Gasteiger partial charge in [0, 0.05) is 13.1 Å². The average molecular weight is 268 g/mol. The van der Waals surface area contributed by atoms with Crippen LogP contribution < -0.4 is 11.1 Å². The maximum absolute atomic E-state index is 12.2. The first-order chi connectivity index (χ1) is 8.90. The topological polar surface area (TPSA) is 55.1 Å². The van der Waals surface area contributed by atoms with Gasteiger partial charge in [0.25, 0.3) is 0 Å². The van der Waals surface area contributed by atoms with Crippen LogP contribution in [-0.4, -0.2) is 19.0 Å². The van der Waals surface area contributed by atoms with Crippen molar-refractivity contribution in [3.63, 3.8) is 0 Å². The summed E-state index contributed by atoms with van der Waals surface area (Å²) in [5.41, 5.74) is 6.06. The molecule has 1 fully saturated rings. The number of amides is 1. The van der Waals surface area contributed by atoms with Gasteiger partial charge < -0.3 is 11.1 Å². The summed E-state index contributed by atoms with van der Waals surface area (Å²) in [4.78, 5) is 12.2. The van der Waals surface area contributed by atoms with E-state index in [0.717, 1.165) is 6.54 Å². The Balaban J connectivity index is 2.54. The molecule has 0 aromatic carbocycles. The molecule has 0 aliphatic heterocycles. The first kappa shape index (κ1) is 16.5. The number of nitrogens with one attached hydrogen (secondary N) is 1. The van der Waals surface area contributed by atoms with E-state index >= 15 is 0 Å². The van der Waals surface area contributed by atoms with Crippen LogP contribution in [0.5, 0.6) is 0 Å². The minimum atomic E-state index is -0.0440. The van der Waals surface area contributed by atoms with Crippen LogP contribution in [0.15, 0.2) is 0 Å². The van der Waals surface area contributed by atoms with Crippen molar-refractivity contribution in [2.75, 3.05) is 13.1 Å². The Morgan fingerprint density at radius 3 is 2.21 bits per heavy atom. The number of nitrogens with two attached hydrogens (primary N) is 1. The quantitative estimate of drug-likeness (QED) is 0.746. The van der Waals surface area contributed by atoms with Gasteiger partial charge in [-0.3, -0.25) is 4.79 Å². The molecule has 3 heteroatoms. The van der Waals surface area contributed by atoms with Crippen LogP contribution in [0.1, 0.15) is 59.8 Å². The lowest BCUT2D eigenvalue weighted by Gasteiger charge is -2.32. The maximum Gasteiger partial charge on any atom is 0.224 e. The van der Waals surface area contributed by atoms with Crippen LogP contribution in [0.2, 0.25) is 0 Å². The lowest BCUT2D eigenvalue weighted by atomic mass is 9.78. The number of hydrogen-bond acceptors (Lipinski definition) is 2. The summed E-state index contributed by atoms with van der Waals surface area (Å²) in [5, 5.41) is 3.18. The van der Waals surface area contributed by atoms with Crippen LogP contribution in [0.4, 0.5) is 0 Å². The largest absolute Gasteiger partial charge is 0.355 e. The molecule has 112 valence electrons. The Bertz CT molecular complexity index is 280. The van der Waals surface area contributed by atoms with E-state index < -0.39 is 0 Å². The Hall–Kier alpha value is -0.570. The summed E-state index contributed by atoms with van der Waals surface area (Å²) in [5.74, 6) is 1.12. The summed E-state index contributed by atoms with van der Waals surface area (Å²) in [6, 6.07) is 0. The highest BCUT2D eigenvalue weighted by Gasteiger charge is 2.35. The zero-order chi connectivity index (χ0) is 14.5. The first-order valence-electron chi connectivity index (χ1n) is 7.88. The Kier molecular flexibility index (Phi) is 6.31. The van der Waals surface area contributed by atoms with Gasteiger partial charge in [-0.05, 0) is 36.5 Å². The fourth-order valence-electron chi connectivity index (χ4n) is 3.53. The zero-order valence-electron chi connectivity index (χ0n) is 13.2. The van der Waals surface area contributed by atoms with Gasteiger partial charge in [0.2, 0.25) is 5.91 Å². The molecule has 0 spiro atoms. The van der Waals surface area contributed by atoms with E-state index in [1.807, 2.05) is 0 Å². The highest BCUT2D eigenvalue weighted by molar-refractivity contribution is 5.79. The second kappa shape index (κ2) is 7.28. The molecule has 1 aliphatic carbocycles. The van der Waals surface area contributed by atoms with Crippen LogP contribution >= 0.6 is 0 Å². The average Bonchev–Trinajstić information content (AvgIpc) is 2.75. The minimum Gasteiger partial charge on any atom is -0.355 e. The Morgan fingerprint density at radius 1 is 1.21 bits per heavy atom. The number of rotatable bonds is 7. The summed E-state index contributed by atoms with van der Waals surface area (Å²) >= 11 is 0. The van der Waals surface area contributed by atoms with E-state index in [0.29, 0.717) is 23.8 Å². The predicted molar refractivity (Wildman–Crippen MR) is 80.7 cm³/mol. The maximum atomic E-state index is 12.2. The SMILES string of the molecule is CC(C)CC1(CNC(=O)C(CN)C(C)C)CCCC1. The molecule has 1 atom stereocenters. The van der Waals surface area contributed by atoms with Crippen molar-refractivity contribution >= 4 is 5.91 Å². The smallest absolute Gasteiger partial charge is 0.224 e. The molecule has 1 saturated carbocycles. The second-order valence-corrected chi connectivity index (χ2v) is 7.11. The van der Waals surface area contributed by atoms with Gasteiger partial charge in [0.15, 0.2) is 0 Å². The van der Waals surface area contributed by atoms with Crippen molar-refractivity contribution in [2.24, 2.45) is 28.9 Å². The molecule has 0 aromatic rings. The van der Waals surface area contributed by atoms with E-state index in [9.17, 15) is 4.79 Å². The van der Waals surface area contributed by atoms with E-state index in [2.05, 4.69) is 33.0 Å². The number of carbonyl (C=O) groups is 1. The minimum absolute atomic E-state index is 0.0440. The first-order valence-corrected chi connectivity index (χ1v) is 7.88. The molecule has 1 rings (SSSR count). The molecule has 19 heavy (non-hydrogen) atoms. The van der Waals surface area contributed by atoms with Gasteiger partial charge in [0.05, 0.1) is 5.92 Å². The normalized spacial score (nSPS) is 19.9. The highest BCUT2D eigenvalue weighted by atomic mass is 16.1. The second-order valence-electron chi connectivity index (χ2n) is 7.11. The standard InChI is InChI=1S/C16H32N2O/c1-12(2)9-16(7-5-6-8-16)11-18-15(19)14(10-17)13(3)4/h12-14H,5-11,17H2,1-4H3,(H,18,19). The third-order valence-electron chi connectivity index (χ3n) is 4.54. The third kappa shape index (κ3) is 4.79. The van der Waals surface area contributed by atoms with E-state index in [1.54, 1.807) is 0 Å². The number of carbonyl (C=O) groups excluding carboxylic acids is 1. The van der Waals surface area contributed by atoms with Crippen molar-refractivity contribution < 1.29 is 4.79 Å². The summed E-state index contributed by atoms with van der Waals surface area (Å²) in [6.07, 6.45) is 6.38. The van der Waals surface area contributed by atoms with Crippen molar-refractivity contribution in [3.8, 4) is 0 Å². The summed E-state index contributed by atoms with van der Waals surface area (Å²) in [7, 11) is 0. The highest BCUT2D eigenvalue weighted by Crippen LogP contribution is 2.42. The van der Waals surface area contributed by atoms with Crippen LogP contribution in [0.25, 0.3) is 0 Å². The fourth-order valence-corrected chi connectivity index (χ4v) is 3.53. The fraction of sp³-hybridized carbons (Fsp3) is 0.938. The van der Waals surface area contributed by atoms with Crippen LogP contribution in [0.3, 0.4) is 0 Å². The third-order valence-corrected chi connectivity index (χ3v) is 4.54. The van der Waals surface area contributed by atoms with Gasteiger partial charge in [-0.2, -0.15) is 0 Å². The van der Waals surface area contributed by atoms with Crippen molar-refractivity contribution in [1.82, 2.24) is 5.32 Å². The lowest BCUT2D eigenvalue weighted by Crippen LogP contribution is -2.43. The molecule has 1 unspecified atom stereocenters. The summed E-state index contributed by atoms with van der Waals surface area (Å²) in [6.45, 7) is 9.97. The van der Waals surface area contributed by atoms with Crippen molar-refractivity contribution in [1.29, 1.82) is 0 Å². The molecular weight excluding hydrogens is 236 g/mol. The Morgan fingerprint density at radius 2 is 1.79 bits per heavy atom. The van der Waals surface area contributed by atoms with E-state index in [-0.39, 0.29) is 11.8 Å². The van der Waals surface area contributed by atoms with E-state index in [1.165, 1.54) is 32.1 Å². The molecule has 3 nitrogen and oxygen atoms in total. The lowest BCUT2D eigenvalue weighted by molar-refractivity contribution is -0.126. The number of hydrogen-bond donors (Lipinski definition) is 2. The van der Waals surface area contributed by atoms with Crippen molar-refractivity contribution in [3.05, 3.63) is 0 Å². The van der Waals surface area contributed by atoms with Crippen LogP contribution in [-0.2, 0) is 4.79 Å². The monoisotopic (exact) mass is 268 g/mol.